The molecule has 8 heteroatoms. The third kappa shape index (κ3) is 3.30. The fourth-order valence-corrected chi connectivity index (χ4v) is 3.24. The van der Waals surface area contributed by atoms with Crippen LogP contribution in [0.5, 0.6) is 0 Å². The van der Waals surface area contributed by atoms with E-state index in [1.807, 2.05) is 25.7 Å². The minimum atomic E-state index is -0.391. The monoisotopic (exact) mass is 352 g/mol. The van der Waals surface area contributed by atoms with Gasteiger partial charge in [0, 0.05) is 11.5 Å². The van der Waals surface area contributed by atoms with Gasteiger partial charge in [0.1, 0.15) is 23.5 Å². The Bertz CT molecular complexity index is 869. The Balaban J connectivity index is 1.62. The van der Waals surface area contributed by atoms with E-state index in [-0.39, 0.29) is 5.91 Å². The summed E-state index contributed by atoms with van der Waals surface area (Å²) in [5.74, 6) is 0.176. The van der Waals surface area contributed by atoms with Crippen LogP contribution in [-0.4, -0.2) is 25.7 Å². The van der Waals surface area contributed by atoms with E-state index in [2.05, 4.69) is 20.4 Å². The van der Waals surface area contributed by atoms with Crippen LogP contribution in [0.1, 0.15) is 16.1 Å². The first-order valence-corrected chi connectivity index (χ1v) is 8.17. The van der Waals surface area contributed by atoms with Crippen LogP contribution in [0, 0.1) is 37.4 Å². The van der Waals surface area contributed by atoms with E-state index in [1.54, 1.807) is 11.0 Å². The maximum atomic E-state index is 13.0. The number of rotatable bonds is 4. The van der Waals surface area contributed by atoms with Crippen LogP contribution in [0.3, 0.4) is 0 Å². The Morgan fingerprint density at radius 2 is 1.92 bits per heavy atom. The zero-order chi connectivity index (χ0) is 17.2. The normalized spacial score (nSPS) is 14.8. The molecule has 25 heavy (non-hydrogen) atoms. The predicted molar refractivity (Wildman–Crippen MR) is 90.9 cm³/mol. The zero-order valence-corrected chi connectivity index (χ0v) is 13.6. The van der Waals surface area contributed by atoms with Gasteiger partial charge in [-0.25, -0.2) is 19.0 Å². The first kappa shape index (κ1) is 15.9. The van der Waals surface area contributed by atoms with Crippen molar-refractivity contribution in [1.29, 1.82) is 0 Å². The number of amides is 1. The summed E-state index contributed by atoms with van der Waals surface area (Å²) in [7, 11) is 0. The molecule has 123 valence electrons. The molecule has 0 spiro atoms. The number of hydrogen-bond acceptors (Lipinski definition) is 5. The van der Waals surface area contributed by atoms with E-state index < -0.39 is 5.82 Å². The average Bonchev–Trinajstić information content (AvgIpc) is 3.36. The van der Waals surface area contributed by atoms with E-state index in [0.29, 0.717) is 16.4 Å². The molecule has 0 aliphatic heterocycles. The summed E-state index contributed by atoms with van der Waals surface area (Å²) in [4.78, 5) is 20.8. The Labute approximate surface area is 147 Å². The SMILES string of the molecule is O=C(Nc1nc([C]2[CH][CH][CH][CH]2)c(-n2cncn2)s1)c1ccc(F)cc1. The lowest BCUT2D eigenvalue weighted by atomic mass is 10.1. The van der Waals surface area contributed by atoms with Gasteiger partial charge in [0.05, 0.1) is 5.69 Å². The molecule has 5 radical (unpaired) electrons. The standard InChI is InChI=1S/C17H11FN5OS/c18-13-7-5-12(6-8-13)15(24)22-17-21-14(11-3-1-2-4-11)16(25-17)23-10-19-9-20-23/h1-10H,(H,21,22,24). The van der Waals surface area contributed by atoms with Crippen molar-refractivity contribution in [3.8, 4) is 5.00 Å². The first-order valence-electron chi connectivity index (χ1n) is 7.35. The molecule has 1 amide bonds. The van der Waals surface area contributed by atoms with Crippen molar-refractivity contribution < 1.29 is 9.18 Å². The third-order valence-electron chi connectivity index (χ3n) is 3.50. The Morgan fingerprint density at radius 3 is 2.60 bits per heavy atom. The predicted octanol–water partition coefficient (Wildman–Crippen LogP) is 2.87. The third-order valence-corrected chi connectivity index (χ3v) is 4.46. The molecule has 0 atom stereocenters. The minimum absolute atomic E-state index is 0.354. The molecule has 1 aliphatic rings. The van der Waals surface area contributed by atoms with Crippen LogP contribution in [-0.2, 0) is 0 Å². The number of anilines is 1. The largest absolute Gasteiger partial charge is 0.298 e. The Hall–Kier alpha value is -2.61. The van der Waals surface area contributed by atoms with Crippen LogP contribution in [0.25, 0.3) is 5.00 Å². The van der Waals surface area contributed by atoms with E-state index in [0.717, 1.165) is 10.9 Å². The van der Waals surface area contributed by atoms with Gasteiger partial charge < -0.3 is 0 Å². The number of carbonyl (C=O) groups excluding carboxylic acids is 1. The van der Waals surface area contributed by atoms with Gasteiger partial charge in [0.25, 0.3) is 5.91 Å². The summed E-state index contributed by atoms with van der Waals surface area (Å²) >= 11 is 1.28. The van der Waals surface area contributed by atoms with Crippen LogP contribution >= 0.6 is 11.3 Å². The number of carbonyl (C=O) groups is 1. The lowest BCUT2D eigenvalue weighted by molar-refractivity contribution is 0.102. The second-order valence-electron chi connectivity index (χ2n) is 5.15. The van der Waals surface area contributed by atoms with Crippen molar-refractivity contribution in [2.24, 2.45) is 0 Å². The number of aromatic nitrogens is 4. The maximum absolute atomic E-state index is 13.0. The van der Waals surface area contributed by atoms with Crippen molar-refractivity contribution in [1.82, 2.24) is 19.7 Å². The Kier molecular flexibility index (Phi) is 4.27. The summed E-state index contributed by atoms with van der Waals surface area (Å²) in [6.45, 7) is 0. The van der Waals surface area contributed by atoms with E-state index in [1.165, 1.54) is 41.9 Å². The van der Waals surface area contributed by atoms with Gasteiger partial charge in [-0.2, -0.15) is 5.10 Å². The van der Waals surface area contributed by atoms with Crippen LogP contribution < -0.4 is 5.32 Å². The molecule has 2 heterocycles. The number of benzene rings is 1. The van der Waals surface area contributed by atoms with E-state index >= 15 is 0 Å². The fraction of sp³-hybridized carbons (Fsp3) is 0. The van der Waals surface area contributed by atoms with Gasteiger partial charge in [-0.15, -0.1) is 0 Å². The topological polar surface area (TPSA) is 72.7 Å². The van der Waals surface area contributed by atoms with Crippen LogP contribution in [0.4, 0.5) is 9.52 Å². The highest BCUT2D eigenvalue weighted by Gasteiger charge is 2.27. The molecular formula is C17H11FN5OS. The van der Waals surface area contributed by atoms with Gasteiger partial charge in [-0.05, 0) is 49.9 Å². The Morgan fingerprint density at radius 1 is 1.16 bits per heavy atom. The highest BCUT2D eigenvalue weighted by atomic mass is 32.1. The fourth-order valence-electron chi connectivity index (χ4n) is 2.32. The average molecular weight is 352 g/mol. The molecule has 4 rings (SSSR count). The smallest absolute Gasteiger partial charge is 0.257 e. The molecular weight excluding hydrogens is 341 g/mol. The van der Waals surface area contributed by atoms with Crippen molar-refractivity contribution in [2.75, 3.05) is 5.32 Å². The number of nitrogens with one attached hydrogen (secondary N) is 1. The number of hydrogen-bond donors (Lipinski definition) is 1. The van der Waals surface area contributed by atoms with E-state index in [9.17, 15) is 9.18 Å². The minimum Gasteiger partial charge on any atom is -0.298 e. The van der Waals surface area contributed by atoms with Gasteiger partial charge in [-0.3, -0.25) is 10.1 Å². The number of nitrogens with zero attached hydrogens (tertiary/aromatic N) is 4. The van der Waals surface area contributed by atoms with Crippen molar-refractivity contribution in [3.63, 3.8) is 0 Å². The summed E-state index contributed by atoms with van der Waals surface area (Å²) < 4.78 is 14.6. The molecule has 3 aromatic rings. The molecule has 1 N–H and O–H groups in total. The first-order chi connectivity index (χ1) is 12.2. The highest BCUT2D eigenvalue weighted by Crippen LogP contribution is 2.37. The molecule has 2 aromatic heterocycles. The molecule has 0 bridgehead atoms. The molecule has 6 nitrogen and oxygen atoms in total. The zero-order valence-electron chi connectivity index (χ0n) is 12.8. The summed E-state index contributed by atoms with van der Waals surface area (Å²) in [6, 6.07) is 5.34. The molecule has 1 aromatic carbocycles. The summed E-state index contributed by atoms with van der Waals surface area (Å²) in [5, 5.41) is 8.06. The van der Waals surface area contributed by atoms with Crippen molar-refractivity contribution >= 4 is 22.4 Å². The molecule has 0 saturated heterocycles. The van der Waals surface area contributed by atoms with Crippen LogP contribution in [0.15, 0.2) is 36.9 Å². The van der Waals surface area contributed by atoms with Gasteiger partial charge in [0.15, 0.2) is 5.13 Å². The highest BCUT2D eigenvalue weighted by molar-refractivity contribution is 7.18. The molecule has 1 aliphatic carbocycles. The number of halogens is 1. The lowest BCUT2D eigenvalue weighted by Crippen LogP contribution is -2.11. The second kappa shape index (κ2) is 6.72. The van der Waals surface area contributed by atoms with Crippen molar-refractivity contribution in [3.05, 3.63) is 85.6 Å². The summed E-state index contributed by atoms with van der Waals surface area (Å²) in [6.07, 6.45) is 10.7. The van der Waals surface area contributed by atoms with E-state index in [4.69, 9.17) is 0 Å². The maximum Gasteiger partial charge on any atom is 0.257 e. The lowest BCUT2D eigenvalue weighted by Gasteiger charge is -2.06. The van der Waals surface area contributed by atoms with Gasteiger partial charge in [0.2, 0.25) is 0 Å². The molecule has 0 unspecified atom stereocenters. The number of thiazole rings is 1. The molecule has 1 fully saturated rings. The quantitative estimate of drug-likeness (QED) is 0.784. The summed E-state index contributed by atoms with van der Waals surface area (Å²) in [5.41, 5.74) is 1.06. The van der Waals surface area contributed by atoms with Crippen LogP contribution in [0.2, 0.25) is 0 Å². The van der Waals surface area contributed by atoms with Gasteiger partial charge >= 0.3 is 0 Å². The van der Waals surface area contributed by atoms with Crippen molar-refractivity contribution in [2.45, 2.75) is 0 Å². The molecule has 1 saturated carbocycles. The van der Waals surface area contributed by atoms with Gasteiger partial charge in [-0.1, -0.05) is 11.3 Å². The second-order valence-corrected chi connectivity index (χ2v) is 6.12.